The molecule has 0 amide bonds. The summed E-state index contributed by atoms with van der Waals surface area (Å²) >= 11 is 6.94. The van der Waals surface area contributed by atoms with Crippen molar-refractivity contribution in [3.05, 3.63) is 23.8 Å². The first-order valence-corrected chi connectivity index (χ1v) is 7.98. The minimum Gasteiger partial charge on any atom is -0.389 e. The van der Waals surface area contributed by atoms with Crippen molar-refractivity contribution in [1.29, 1.82) is 0 Å². The molecule has 98 valence electrons. The van der Waals surface area contributed by atoms with Crippen LogP contribution in [0, 0.1) is 0 Å². The molecule has 4 heteroatoms. The highest BCUT2D eigenvalue weighted by atomic mass is 32.2. The summed E-state index contributed by atoms with van der Waals surface area (Å²) in [4.78, 5) is 4.03. The summed E-state index contributed by atoms with van der Waals surface area (Å²) in [5.41, 5.74) is 8.14. The Bertz CT molecular complexity index is 439. The molecule has 1 fully saturated rings. The van der Waals surface area contributed by atoms with Crippen molar-refractivity contribution >= 4 is 34.7 Å². The van der Waals surface area contributed by atoms with E-state index < -0.39 is 0 Å². The second-order valence-corrected chi connectivity index (χ2v) is 6.06. The summed E-state index contributed by atoms with van der Waals surface area (Å²) in [7, 11) is 2.16. The van der Waals surface area contributed by atoms with E-state index in [1.165, 1.54) is 36.3 Å². The van der Waals surface area contributed by atoms with E-state index >= 15 is 0 Å². The van der Waals surface area contributed by atoms with E-state index in [-0.39, 0.29) is 0 Å². The van der Waals surface area contributed by atoms with Crippen LogP contribution in [0.2, 0.25) is 0 Å². The molecule has 0 unspecified atom stereocenters. The number of thioether (sulfide) groups is 1. The number of hydrogen-bond donors (Lipinski definition) is 1. The van der Waals surface area contributed by atoms with Crippen molar-refractivity contribution in [3.63, 3.8) is 0 Å². The van der Waals surface area contributed by atoms with Crippen LogP contribution in [0.4, 0.5) is 5.69 Å². The van der Waals surface area contributed by atoms with E-state index in [1.54, 1.807) is 11.8 Å². The second kappa shape index (κ2) is 5.93. The molecule has 1 aliphatic rings. The second-order valence-electron chi connectivity index (χ2n) is 4.77. The van der Waals surface area contributed by atoms with Gasteiger partial charge in [0.2, 0.25) is 0 Å². The average Bonchev–Trinajstić information content (AvgIpc) is 2.90. The molecule has 0 bridgehead atoms. The third-order valence-corrected chi connectivity index (χ3v) is 4.71. The van der Waals surface area contributed by atoms with Crippen molar-refractivity contribution in [2.45, 2.75) is 36.6 Å². The normalized spacial score (nSPS) is 15.9. The molecule has 2 N–H and O–H groups in total. The Balaban J connectivity index is 2.39. The van der Waals surface area contributed by atoms with Crippen molar-refractivity contribution in [2.24, 2.45) is 5.73 Å². The standard InChI is InChI=1S/C14H20N2S2/c1-16(10-6-3-4-7-10)11-8-5-9-12(18-2)13(11)14(15)17/h5,8-10H,3-4,6-7H2,1-2H3,(H2,15,17). The first-order chi connectivity index (χ1) is 8.65. The number of nitrogens with zero attached hydrogens (tertiary/aromatic N) is 1. The number of hydrogen-bond acceptors (Lipinski definition) is 3. The van der Waals surface area contributed by atoms with E-state index in [9.17, 15) is 0 Å². The number of rotatable bonds is 4. The Labute approximate surface area is 119 Å². The van der Waals surface area contributed by atoms with Gasteiger partial charge in [-0.15, -0.1) is 11.8 Å². The Morgan fingerprint density at radius 1 is 1.39 bits per heavy atom. The molecule has 0 atom stereocenters. The topological polar surface area (TPSA) is 29.3 Å². The maximum Gasteiger partial charge on any atom is 0.107 e. The van der Waals surface area contributed by atoms with E-state index in [0.717, 1.165) is 5.56 Å². The van der Waals surface area contributed by atoms with Gasteiger partial charge < -0.3 is 10.6 Å². The first-order valence-electron chi connectivity index (χ1n) is 6.34. The van der Waals surface area contributed by atoms with Gasteiger partial charge in [0.05, 0.1) is 0 Å². The molecule has 0 heterocycles. The summed E-state index contributed by atoms with van der Waals surface area (Å²) in [6, 6.07) is 6.95. The maximum absolute atomic E-state index is 5.92. The Morgan fingerprint density at radius 2 is 2.06 bits per heavy atom. The van der Waals surface area contributed by atoms with Crippen molar-refractivity contribution < 1.29 is 0 Å². The quantitative estimate of drug-likeness (QED) is 0.676. The molecule has 0 spiro atoms. The van der Waals surface area contributed by atoms with Gasteiger partial charge in [-0.1, -0.05) is 31.1 Å². The smallest absolute Gasteiger partial charge is 0.107 e. The molecule has 0 radical (unpaired) electrons. The number of anilines is 1. The third kappa shape index (κ3) is 2.64. The maximum atomic E-state index is 5.92. The van der Waals surface area contributed by atoms with Crippen LogP contribution in [0.3, 0.4) is 0 Å². The lowest BCUT2D eigenvalue weighted by Gasteiger charge is -2.29. The molecule has 1 aromatic carbocycles. The molecule has 0 aliphatic heterocycles. The third-order valence-electron chi connectivity index (χ3n) is 3.72. The molecular weight excluding hydrogens is 260 g/mol. The van der Waals surface area contributed by atoms with Gasteiger partial charge in [0, 0.05) is 29.2 Å². The molecule has 1 aromatic rings. The van der Waals surface area contributed by atoms with E-state index in [0.29, 0.717) is 11.0 Å². The van der Waals surface area contributed by atoms with Crippen LogP contribution in [0.1, 0.15) is 31.2 Å². The van der Waals surface area contributed by atoms with E-state index in [4.69, 9.17) is 18.0 Å². The Morgan fingerprint density at radius 3 is 2.61 bits per heavy atom. The highest BCUT2D eigenvalue weighted by Gasteiger charge is 2.23. The van der Waals surface area contributed by atoms with Gasteiger partial charge in [-0.25, -0.2) is 0 Å². The summed E-state index contributed by atoms with van der Waals surface area (Å²) in [6.45, 7) is 0. The van der Waals surface area contributed by atoms with Crippen LogP contribution in [0.25, 0.3) is 0 Å². The zero-order chi connectivity index (χ0) is 13.1. The van der Waals surface area contributed by atoms with E-state index in [1.807, 2.05) is 0 Å². The molecule has 0 saturated heterocycles. The van der Waals surface area contributed by atoms with Crippen LogP contribution in [-0.2, 0) is 0 Å². The molecule has 0 aromatic heterocycles. The largest absolute Gasteiger partial charge is 0.389 e. The summed E-state index contributed by atoms with van der Waals surface area (Å²) < 4.78 is 0. The molecule has 1 saturated carbocycles. The Hall–Kier alpha value is -0.740. The monoisotopic (exact) mass is 280 g/mol. The zero-order valence-corrected chi connectivity index (χ0v) is 12.6. The lowest BCUT2D eigenvalue weighted by atomic mass is 10.1. The van der Waals surface area contributed by atoms with Crippen LogP contribution < -0.4 is 10.6 Å². The van der Waals surface area contributed by atoms with E-state index in [2.05, 4.69) is 36.4 Å². The minimum atomic E-state index is 0.500. The van der Waals surface area contributed by atoms with Gasteiger partial charge >= 0.3 is 0 Å². The van der Waals surface area contributed by atoms with Crippen LogP contribution in [0.5, 0.6) is 0 Å². The predicted molar refractivity (Wildman–Crippen MR) is 84.8 cm³/mol. The SMILES string of the molecule is CSc1cccc(N(C)C2CCCC2)c1C(N)=S. The number of benzene rings is 1. The molecule has 2 rings (SSSR count). The zero-order valence-electron chi connectivity index (χ0n) is 11.0. The van der Waals surface area contributed by atoms with Crippen molar-refractivity contribution in [3.8, 4) is 0 Å². The molecular formula is C14H20N2S2. The fourth-order valence-electron chi connectivity index (χ4n) is 2.72. The molecule has 1 aliphatic carbocycles. The highest BCUT2D eigenvalue weighted by Crippen LogP contribution is 2.33. The van der Waals surface area contributed by atoms with Crippen molar-refractivity contribution in [2.75, 3.05) is 18.2 Å². The van der Waals surface area contributed by atoms with Gasteiger partial charge in [0.15, 0.2) is 0 Å². The number of thiocarbonyl (C=S) groups is 1. The molecule has 18 heavy (non-hydrogen) atoms. The van der Waals surface area contributed by atoms with Gasteiger partial charge in [0.1, 0.15) is 4.99 Å². The number of nitrogens with two attached hydrogens (primary N) is 1. The van der Waals surface area contributed by atoms with Crippen molar-refractivity contribution in [1.82, 2.24) is 0 Å². The van der Waals surface area contributed by atoms with Crippen LogP contribution >= 0.6 is 24.0 Å². The summed E-state index contributed by atoms with van der Waals surface area (Å²) in [5, 5.41) is 0. The van der Waals surface area contributed by atoms with Crippen LogP contribution in [-0.4, -0.2) is 24.3 Å². The lowest BCUT2D eigenvalue weighted by molar-refractivity contribution is 0.652. The summed E-state index contributed by atoms with van der Waals surface area (Å²) in [5.74, 6) is 0. The van der Waals surface area contributed by atoms with Gasteiger partial charge in [-0.2, -0.15) is 0 Å². The van der Waals surface area contributed by atoms with Gasteiger partial charge in [-0.05, 0) is 31.2 Å². The molecule has 2 nitrogen and oxygen atoms in total. The van der Waals surface area contributed by atoms with Gasteiger partial charge in [0.25, 0.3) is 0 Å². The first kappa shape index (κ1) is 13.7. The minimum absolute atomic E-state index is 0.500. The fourth-order valence-corrected chi connectivity index (χ4v) is 3.63. The average molecular weight is 280 g/mol. The fraction of sp³-hybridized carbons (Fsp3) is 0.500. The van der Waals surface area contributed by atoms with Crippen LogP contribution in [0.15, 0.2) is 23.1 Å². The highest BCUT2D eigenvalue weighted by molar-refractivity contribution is 7.98. The Kier molecular flexibility index (Phi) is 4.51. The van der Waals surface area contributed by atoms with Gasteiger partial charge in [-0.3, -0.25) is 0 Å². The lowest BCUT2D eigenvalue weighted by Crippen LogP contribution is -2.31. The predicted octanol–water partition coefficient (Wildman–Crippen LogP) is 3.42. The summed E-state index contributed by atoms with van der Waals surface area (Å²) in [6.07, 6.45) is 7.28.